The summed E-state index contributed by atoms with van der Waals surface area (Å²) in [6, 6.07) is 0. The highest BCUT2D eigenvalue weighted by Crippen LogP contribution is 2.22. The fourth-order valence-electron chi connectivity index (χ4n) is 1.69. The van der Waals surface area contributed by atoms with Gasteiger partial charge in [0.2, 0.25) is 0 Å². The average molecular weight is 266 g/mol. The van der Waals surface area contributed by atoms with Gasteiger partial charge in [-0.1, -0.05) is 42.4 Å². The summed E-state index contributed by atoms with van der Waals surface area (Å²) in [5.74, 6) is -0.357. The number of hydrogen-bond donors (Lipinski definition) is 0. The second-order valence-electron chi connectivity index (χ2n) is 5.43. The summed E-state index contributed by atoms with van der Waals surface area (Å²) in [7, 11) is 3.35. The molecule has 0 radical (unpaired) electrons. The van der Waals surface area contributed by atoms with E-state index in [1.165, 1.54) is 11.1 Å². The van der Waals surface area contributed by atoms with E-state index in [-0.39, 0.29) is 5.92 Å². The standard InChI is InChI=1S/C17H30O2/c1-14(2)10-8-11-15(3)12-9-13-16(4)17(5,18-6)19-7/h9-10,12-13,16H,8,11H2,1-7H3. The van der Waals surface area contributed by atoms with Crippen molar-refractivity contribution in [2.75, 3.05) is 14.2 Å². The number of ether oxygens (including phenoxy) is 2. The molecule has 0 N–H and O–H groups in total. The Labute approximate surface area is 119 Å². The van der Waals surface area contributed by atoms with E-state index >= 15 is 0 Å². The lowest BCUT2D eigenvalue weighted by atomic mass is 10.0. The van der Waals surface area contributed by atoms with Gasteiger partial charge in [-0.15, -0.1) is 0 Å². The zero-order valence-corrected chi connectivity index (χ0v) is 13.6. The van der Waals surface area contributed by atoms with Crippen LogP contribution in [-0.2, 0) is 9.47 Å². The number of hydrogen-bond acceptors (Lipinski definition) is 2. The highest BCUT2D eigenvalue weighted by Gasteiger charge is 2.28. The van der Waals surface area contributed by atoms with Crippen LogP contribution in [0.2, 0.25) is 0 Å². The molecule has 0 aromatic heterocycles. The van der Waals surface area contributed by atoms with Gasteiger partial charge in [0, 0.05) is 20.1 Å². The van der Waals surface area contributed by atoms with Crippen molar-refractivity contribution < 1.29 is 9.47 Å². The van der Waals surface area contributed by atoms with Crippen molar-refractivity contribution in [2.24, 2.45) is 5.92 Å². The normalized spacial score (nSPS) is 14.8. The van der Waals surface area contributed by atoms with E-state index < -0.39 is 5.79 Å². The van der Waals surface area contributed by atoms with Crippen LogP contribution >= 0.6 is 0 Å². The van der Waals surface area contributed by atoms with Crippen LogP contribution in [0, 0.1) is 5.92 Å². The van der Waals surface area contributed by atoms with E-state index in [2.05, 4.69) is 52.0 Å². The van der Waals surface area contributed by atoms with Crippen molar-refractivity contribution >= 4 is 0 Å². The Kier molecular flexibility index (Phi) is 8.70. The summed E-state index contributed by atoms with van der Waals surface area (Å²) in [6.45, 7) is 10.5. The third-order valence-electron chi connectivity index (χ3n) is 3.51. The molecule has 2 heteroatoms. The summed E-state index contributed by atoms with van der Waals surface area (Å²) >= 11 is 0. The molecule has 1 atom stereocenters. The quantitative estimate of drug-likeness (QED) is 0.354. The molecule has 1 unspecified atom stereocenters. The molecule has 0 saturated heterocycles. The first-order valence-corrected chi connectivity index (χ1v) is 6.93. The van der Waals surface area contributed by atoms with Gasteiger partial charge in [-0.05, 0) is 40.5 Å². The van der Waals surface area contributed by atoms with Gasteiger partial charge in [-0.2, -0.15) is 0 Å². The zero-order valence-electron chi connectivity index (χ0n) is 13.6. The Hall–Kier alpha value is -0.860. The highest BCUT2D eigenvalue weighted by molar-refractivity contribution is 5.13. The third kappa shape index (κ3) is 7.34. The maximum absolute atomic E-state index is 5.40. The molecule has 0 aliphatic carbocycles. The monoisotopic (exact) mass is 266 g/mol. The lowest BCUT2D eigenvalue weighted by molar-refractivity contribution is -0.213. The molecular weight excluding hydrogens is 236 g/mol. The first kappa shape index (κ1) is 18.1. The summed E-state index contributed by atoms with van der Waals surface area (Å²) in [4.78, 5) is 0. The van der Waals surface area contributed by atoms with E-state index in [1.807, 2.05) is 6.92 Å². The minimum Gasteiger partial charge on any atom is -0.353 e. The SMILES string of the molecule is COC(C)(OC)C(C)C=CC=C(C)CCC=C(C)C. The molecule has 0 heterocycles. The second kappa shape index (κ2) is 9.11. The Morgan fingerprint density at radius 2 is 1.74 bits per heavy atom. The van der Waals surface area contributed by atoms with Crippen LogP contribution in [0.25, 0.3) is 0 Å². The third-order valence-corrected chi connectivity index (χ3v) is 3.51. The fraction of sp³-hybridized carbons (Fsp3) is 0.647. The summed E-state index contributed by atoms with van der Waals surface area (Å²) in [6.07, 6.45) is 10.9. The Balaban J connectivity index is 4.36. The Bertz CT molecular complexity index is 329. The van der Waals surface area contributed by atoms with Crippen LogP contribution in [-0.4, -0.2) is 20.0 Å². The fourth-order valence-corrected chi connectivity index (χ4v) is 1.69. The molecule has 0 rings (SSSR count). The Morgan fingerprint density at radius 1 is 1.16 bits per heavy atom. The maximum Gasteiger partial charge on any atom is 0.170 e. The van der Waals surface area contributed by atoms with Crippen LogP contribution in [0.5, 0.6) is 0 Å². The topological polar surface area (TPSA) is 18.5 Å². The summed E-state index contributed by atoms with van der Waals surface area (Å²) in [5.41, 5.74) is 2.77. The average Bonchev–Trinajstić information content (AvgIpc) is 2.37. The highest BCUT2D eigenvalue weighted by atomic mass is 16.7. The largest absolute Gasteiger partial charge is 0.353 e. The van der Waals surface area contributed by atoms with Crippen molar-refractivity contribution in [3.63, 3.8) is 0 Å². The molecule has 0 aromatic carbocycles. The van der Waals surface area contributed by atoms with Gasteiger partial charge < -0.3 is 9.47 Å². The van der Waals surface area contributed by atoms with Gasteiger partial charge >= 0.3 is 0 Å². The molecule has 19 heavy (non-hydrogen) atoms. The first-order chi connectivity index (χ1) is 8.85. The lowest BCUT2D eigenvalue weighted by Gasteiger charge is -2.30. The van der Waals surface area contributed by atoms with Gasteiger partial charge in [-0.3, -0.25) is 0 Å². The van der Waals surface area contributed by atoms with Crippen LogP contribution in [0.15, 0.2) is 35.5 Å². The molecule has 0 fully saturated rings. The molecule has 0 bridgehead atoms. The lowest BCUT2D eigenvalue weighted by Crippen LogP contribution is -2.36. The van der Waals surface area contributed by atoms with E-state index in [1.54, 1.807) is 14.2 Å². The van der Waals surface area contributed by atoms with E-state index in [0.29, 0.717) is 0 Å². The smallest absolute Gasteiger partial charge is 0.170 e. The zero-order chi connectivity index (χ0) is 14.9. The van der Waals surface area contributed by atoms with Gasteiger partial charge in [-0.25, -0.2) is 0 Å². The van der Waals surface area contributed by atoms with Crippen LogP contribution in [0.4, 0.5) is 0 Å². The minimum absolute atomic E-state index is 0.198. The van der Waals surface area contributed by atoms with Crippen molar-refractivity contribution in [3.8, 4) is 0 Å². The predicted octanol–water partition coefficient (Wildman–Crippen LogP) is 4.88. The van der Waals surface area contributed by atoms with E-state index in [9.17, 15) is 0 Å². The van der Waals surface area contributed by atoms with Crippen molar-refractivity contribution in [1.82, 2.24) is 0 Å². The van der Waals surface area contributed by atoms with Crippen LogP contribution < -0.4 is 0 Å². The second-order valence-corrected chi connectivity index (χ2v) is 5.43. The van der Waals surface area contributed by atoms with Crippen LogP contribution in [0.1, 0.15) is 47.5 Å². The molecule has 0 spiro atoms. The molecule has 110 valence electrons. The van der Waals surface area contributed by atoms with Crippen LogP contribution in [0.3, 0.4) is 0 Å². The molecule has 0 aromatic rings. The molecule has 0 saturated carbocycles. The Morgan fingerprint density at radius 3 is 2.21 bits per heavy atom. The minimum atomic E-state index is -0.555. The molecule has 2 nitrogen and oxygen atoms in total. The molecule has 0 aliphatic rings. The molecule has 0 amide bonds. The number of methoxy groups -OCH3 is 2. The summed E-state index contributed by atoms with van der Waals surface area (Å²) in [5, 5.41) is 0. The molecular formula is C17H30O2. The van der Waals surface area contributed by atoms with Gasteiger partial charge in [0.05, 0.1) is 0 Å². The first-order valence-electron chi connectivity index (χ1n) is 6.93. The summed E-state index contributed by atoms with van der Waals surface area (Å²) < 4.78 is 10.8. The van der Waals surface area contributed by atoms with Crippen molar-refractivity contribution in [1.29, 1.82) is 0 Å². The van der Waals surface area contributed by atoms with Crippen molar-refractivity contribution in [2.45, 2.75) is 53.2 Å². The van der Waals surface area contributed by atoms with Gasteiger partial charge in [0.1, 0.15) is 0 Å². The van der Waals surface area contributed by atoms with Crippen molar-refractivity contribution in [3.05, 3.63) is 35.5 Å². The number of allylic oxidation sites excluding steroid dienone is 5. The van der Waals surface area contributed by atoms with Gasteiger partial charge in [0.25, 0.3) is 0 Å². The predicted molar refractivity (Wildman–Crippen MR) is 83.1 cm³/mol. The van der Waals surface area contributed by atoms with E-state index in [0.717, 1.165) is 12.8 Å². The van der Waals surface area contributed by atoms with Gasteiger partial charge in [0.15, 0.2) is 5.79 Å². The molecule has 0 aliphatic heterocycles. The number of rotatable bonds is 8. The van der Waals surface area contributed by atoms with E-state index in [4.69, 9.17) is 9.47 Å². The maximum atomic E-state index is 5.40.